The molecule has 116 valence electrons. The van der Waals surface area contributed by atoms with Crippen molar-refractivity contribution in [3.05, 3.63) is 46.7 Å². The number of carbonyl (C=O) groups excluding carboxylic acids is 2. The molecule has 1 amide bonds. The van der Waals surface area contributed by atoms with Crippen LogP contribution in [0.15, 0.2) is 46.7 Å². The summed E-state index contributed by atoms with van der Waals surface area (Å²) in [6.45, 7) is -0.437. The number of primary sulfonamides is 1. The quantitative estimate of drug-likeness (QED) is 0.793. The summed E-state index contributed by atoms with van der Waals surface area (Å²) in [5.41, 5.74) is 0.365. The van der Waals surface area contributed by atoms with E-state index in [1.54, 1.807) is 17.5 Å². The minimum Gasteiger partial charge on any atom is -0.451 e. The van der Waals surface area contributed by atoms with Gasteiger partial charge in [-0.3, -0.25) is 4.79 Å². The van der Waals surface area contributed by atoms with Crippen molar-refractivity contribution in [1.29, 1.82) is 0 Å². The molecule has 0 spiro atoms. The molecular formula is C13H12N2O5S2. The standard InChI is InChI=1S/C13H12N2O5S2/c14-22(18,19)10-5-3-9(4-6-10)15-12(16)8-20-13(17)11-2-1-7-21-11/h1-7H,8H2,(H,15,16)(H2,14,18,19). The maximum Gasteiger partial charge on any atom is 0.348 e. The number of nitrogens with two attached hydrogens (primary N) is 1. The van der Waals surface area contributed by atoms with E-state index < -0.39 is 28.5 Å². The molecule has 0 fully saturated rings. The maximum atomic E-state index is 11.6. The number of esters is 1. The van der Waals surface area contributed by atoms with Crippen LogP contribution in [0.5, 0.6) is 0 Å². The molecule has 1 aromatic carbocycles. The lowest BCUT2D eigenvalue weighted by Gasteiger charge is -2.06. The number of hydrogen-bond acceptors (Lipinski definition) is 6. The first-order chi connectivity index (χ1) is 10.4. The first-order valence-electron chi connectivity index (χ1n) is 5.99. The van der Waals surface area contributed by atoms with Crippen molar-refractivity contribution in [2.24, 2.45) is 5.14 Å². The Labute approximate surface area is 130 Å². The molecular weight excluding hydrogens is 328 g/mol. The largest absolute Gasteiger partial charge is 0.451 e. The number of hydrogen-bond donors (Lipinski definition) is 2. The van der Waals surface area contributed by atoms with Gasteiger partial charge in [0.2, 0.25) is 10.0 Å². The van der Waals surface area contributed by atoms with Crippen molar-refractivity contribution in [3.8, 4) is 0 Å². The number of thiophene rings is 1. The fourth-order valence-corrected chi connectivity index (χ4v) is 2.65. The van der Waals surface area contributed by atoms with Crippen LogP contribution in [0.25, 0.3) is 0 Å². The van der Waals surface area contributed by atoms with E-state index >= 15 is 0 Å². The fourth-order valence-electron chi connectivity index (χ4n) is 1.52. The molecule has 0 unspecified atom stereocenters. The molecule has 2 rings (SSSR count). The Bertz CT molecular complexity index is 767. The monoisotopic (exact) mass is 340 g/mol. The smallest absolute Gasteiger partial charge is 0.348 e. The van der Waals surface area contributed by atoms with Gasteiger partial charge < -0.3 is 10.1 Å². The Morgan fingerprint density at radius 3 is 2.41 bits per heavy atom. The van der Waals surface area contributed by atoms with Crippen LogP contribution in [-0.2, 0) is 19.6 Å². The summed E-state index contributed by atoms with van der Waals surface area (Å²) in [6.07, 6.45) is 0. The third-order valence-corrected chi connectivity index (χ3v) is 4.30. The highest BCUT2D eigenvalue weighted by atomic mass is 32.2. The van der Waals surface area contributed by atoms with Gasteiger partial charge in [0.15, 0.2) is 6.61 Å². The second-order valence-corrected chi connectivity index (χ2v) is 6.68. The van der Waals surface area contributed by atoms with Gasteiger partial charge in [0.25, 0.3) is 5.91 Å². The average molecular weight is 340 g/mol. The lowest BCUT2D eigenvalue weighted by molar-refractivity contribution is -0.119. The van der Waals surface area contributed by atoms with Crippen molar-refractivity contribution < 1.29 is 22.7 Å². The highest BCUT2D eigenvalue weighted by Gasteiger charge is 2.12. The SMILES string of the molecule is NS(=O)(=O)c1ccc(NC(=O)COC(=O)c2cccs2)cc1. The van der Waals surface area contributed by atoms with Gasteiger partial charge in [0, 0.05) is 5.69 Å². The molecule has 0 aliphatic rings. The molecule has 22 heavy (non-hydrogen) atoms. The van der Waals surface area contributed by atoms with E-state index in [-0.39, 0.29) is 4.90 Å². The highest BCUT2D eigenvalue weighted by molar-refractivity contribution is 7.89. The number of rotatable bonds is 5. The van der Waals surface area contributed by atoms with E-state index in [0.29, 0.717) is 10.6 Å². The number of ether oxygens (including phenoxy) is 1. The van der Waals surface area contributed by atoms with Crippen LogP contribution < -0.4 is 10.5 Å². The van der Waals surface area contributed by atoms with Gasteiger partial charge in [-0.2, -0.15) is 0 Å². The van der Waals surface area contributed by atoms with Crippen molar-refractivity contribution in [2.45, 2.75) is 4.90 Å². The topological polar surface area (TPSA) is 116 Å². The number of anilines is 1. The van der Waals surface area contributed by atoms with Crippen LogP contribution in [-0.4, -0.2) is 26.9 Å². The summed E-state index contributed by atoms with van der Waals surface area (Å²) >= 11 is 1.22. The van der Waals surface area contributed by atoms with Gasteiger partial charge in [-0.05, 0) is 35.7 Å². The number of benzene rings is 1. The predicted octanol–water partition coefficient (Wildman–Crippen LogP) is 1.19. The summed E-state index contributed by atoms with van der Waals surface area (Å²) in [6, 6.07) is 8.61. The van der Waals surface area contributed by atoms with Crippen molar-refractivity contribution >= 4 is 38.9 Å². The molecule has 0 bridgehead atoms. The predicted molar refractivity (Wildman–Crippen MR) is 81.0 cm³/mol. The summed E-state index contributed by atoms with van der Waals surface area (Å²) in [7, 11) is -3.78. The summed E-state index contributed by atoms with van der Waals surface area (Å²) in [4.78, 5) is 23.5. The molecule has 0 aliphatic heterocycles. The average Bonchev–Trinajstić information content (AvgIpc) is 2.98. The van der Waals surface area contributed by atoms with Crippen LogP contribution in [0, 0.1) is 0 Å². The minimum absolute atomic E-state index is 0.0605. The van der Waals surface area contributed by atoms with Crippen molar-refractivity contribution in [1.82, 2.24) is 0 Å². The Kier molecular flexibility index (Phi) is 4.91. The summed E-state index contributed by atoms with van der Waals surface area (Å²) < 4.78 is 27.0. The zero-order valence-electron chi connectivity index (χ0n) is 11.2. The molecule has 0 aliphatic carbocycles. The normalized spacial score (nSPS) is 11.0. The molecule has 1 aromatic heterocycles. The van der Waals surface area contributed by atoms with Gasteiger partial charge in [-0.15, -0.1) is 11.3 Å². The maximum absolute atomic E-state index is 11.6. The van der Waals surface area contributed by atoms with Crippen LogP contribution in [0.2, 0.25) is 0 Å². The molecule has 7 nitrogen and oxygen atoms in total. The summed E-state index contributed by atoms with van der Waals surface area (Å²) in [5.74, 6) is -1.11. The molecule has 3 N–H and O–H groups in total. The molecule has 0 radical (unpaired) electrons. The van der Waals surface area contributed by atoms with Gasteiger partial charge in [-0.1, -0.05) is 6.07 Å². The second kappa shape index (κ2) is 6.69. The first-order valence-corrected chi connectivity index (χ1v) is 8.42. The second-order valence-electron chi connectivity index (χ2n) is 4.17. The third kappa shape index (κ3) is 4.38. The fraction of sp³-hybridized carbons (Fsp3) is 0.0769. The molecule has 0 atom stereocenters. The van der Waals surface area contributed by atoms with Gasteiger partial charge in [-0.25, -0.2) is 18.4 Å². The Morgan fingerprint density at radius 1 is 1.18 bits per heavy atom. The van der Waals surface area contributed by atoms with Crippen LogP contribution >= 0.6 is 11.3 Å². The number of nitrogens with one attached hydrogen (secondary N) is 1. The van der Waals surface area contributed by atoms with Gasteiger partial charge in [0.1, 0.15) is 4.88 Å². The molecule has 2 aromatic rings. The lowest BCUT2D eigenvalue weighted by Crippen LogP contribution is -2.20. The zero-order valence-corrected chi connectivity index (χ0v) is 12.8. The minimum atomic E-state index is -3.78. The van der Waals surface area contributed by atoms with Gasteiger partial charge in [0.05, 0.1) is 4.90 Å². The van der Waals surface area contributed by atoms with E-state index in [1.165, 1.54) is 35.6 Å². The van der Waals surface area contributed by atoms with E-state index in [0.717, 1.165) is 0 Å². The third-order valence-electron chi connectivity index (χ3n) is 2.52. The first kappa shape index (κ1) is 16.1. The Hall–Kier alpha value is -2.23. The molecule has 0 saturated heterocycles. The molecule has 0 saturated carbocycles. The number of amides is 1. The van der Waals surface area contributed by atoms with E-state index in [2.05, 4.69) is 5.32 Å². The summed E-state index contributed by atoms with van der Waals surface area (Å²) in [5, 5.41) is 9.16. The lowest BCUT2D eigenvalue weighted by atomic mass is 10.3. The van der Waals surface area contributed by atoms with Crippen LogP contribution in [0.1, 0.15) is 9.67 Å². The van der Waals surface area contributed by atoms with Gasteiger partial charge >= 0.3 is 5.97 Å². The van der Waals surface area contributed by atoms with Crippen molar-refractivity contribution in [3.63, 3.8) is 0 Å². The highest BCUT2D eigenvalue weighted by Crippen LogP contribution is 2.13. The molecule has 9 heteroatoms. The van der Waals surface area contributed by atoms with Crippen LogP contribution in [0.3, 0.4) is 0 Å². The van der Waals surface area contributed by atoms with Crippen molar-refractivity contribution in [2.75, 3.05) is 11.9 Å². The zero-order chi connectivity index (χ0) is 16.2. The van der Waals surface area contributed by atoms with E-state index in [1.807, 2.05) is 0 Å². The number of sulfonamides is 1. The van der Waals surface area contributed by atoms with Crippen LogP contribution in [0.4, 0.5) is 5.69 Å². The van der Waals surface area contributed by atoms with E-state index in [9.17, 15) is 18.0 Å². The number of carbonyl (C=O) groups is 2. The van der Waals surface area contributed by atoms with E-state index in [4.69, 9.17) is 9.88 Å². The Balaban J connectivity index is 1.88. The Morgan fingerprint density at radius 2 is 1.86 bits per heavy atom. The molecule has 1 heterocycles.